The second kappa shape index (κ2) is 6.80. The van der Waals surface area contributed by atoms with Crippen LogP contribution >= 0.6 is 11.8 Å². The van der Waals surface area contributed by atoms with Gasteiger partial charge in [-0.1, -0.05) is 6.92 Å². The van der Waals surface area contributed by atoms with E-state index in [0.717, 1.165) is 18.3 Å². The Bertz CT molecular complexity index is 414. The summed E-state index contributed by atoms with van der Waals surface area (Å²) in [6, 6.07) is 0.702. The molecule has 0 unspecified atom stereocenters. The van der Waals surface area contributed by atoms with E-state index in [0.29, 0.717) is 6.04 Å². The van der Waals surface area contributed by atoms with Crippen LogP contribution in [0.5, 0.6) is 0 Å². The van der Waals surface area contributed by atoms with Crippen LogP contribution in [0.15, 0.2) is 0 Å². The van der Waals surface area contributed by atoms with Gasteiger partial charge in [-0.15, -0.1) is 0 Å². The molecule has 1 fully saturated rings. The Morgan fingerprint density at radius 2 is 2.11 bits per heavy atom. The van der Waals surface area contributed by atoms with Crippen molar-refractivity contribution in [2.45, 2.75) is 71.3 Å². The number of nitrogens with one attached hydrogen (secondary N) is 1. The van der Waals surface area contributed by atoms with Crippen molar-refractivity contribution in [3.8, 4) is 0 Å². The summed E-state index contributed by atoms with van der Waals surface area (Å²) in [4.78, 5) is 0. The molecule has 4 heteroatoms. The average molecular weight is 281 g/mol. The van der Waals surface area contributed by atoms with Crippen LogP contribution in [0.3, 0.4) is 0 Å². The summed E-state index contributed by atoms with van der Waals surface area (Å²) in [5.41, 5.74) is 3.91. The zero-order chi connectivity index (χ0) is 13.8. The molecule has 1 aromatic heterocycles. The van der Waals surface area contributed by atoms with Crippen LogP contribution in [-0.4, -0.2) is 26.8 Å². The fourth-order valence-corrected chi connectivity index (χ4v) is 4.20. The third kappa shape index (κ3) is 3.54. The van der Waals surface area contributed by atoms with Gasteiger partial charge in [-0.25, -0.2) is 0 Å². The minimum atomic E-state index is 0.702. The molecule has 108 valence electrons. The van der Waals surface area contributed by atoms with Crippen LogP contribution in [0.2, 0.25) is 0 Å². The number of hydrogen-bond acceptors (Lipinski definition) is 3. The van der Waals surface area contributed by atoms with Crippen LogP contribution in [0, 0.1) is 13.8 Å². The molecule has 0 spiro atoms. The highest BCUT2D eigenvalue weighted by molar-refractivity contribution is 7.99. The van der Waals surface area contributed by atoms with E-state index in [2.05, 4.69) is 54.6 Å². The number of rotatable bonds is 6. The monoisotopic (exact) mass is 281 g/mol. The summed E-state index contributed by atoms with van der Waals surface area (Å²) < 4.78 is 2.11. The molecule has 2 rings (SSSR count). The minimum Gasteiger partial charge on any atom is -0.310 e. The van der Waals surface area contributed by atoms with Gasteiger partial charge in [-0.05, 0) is 45.8 Å². The Morgan fingerprint density at radius 3 is 2.74 bits per heavy atom. The molecule has 1 aliphatic carbocycles. The summed E-state index contributed by atoms with van der Waals surface area (Å²) in [6.07, 6.45) is 4.04. The molecule has 19 heavy (non-hydrogen) atoms. The van der Waals surface area contributed by atoms with E-state index >= 15 is 0 Å². The normalized spacial score (nSPS) is 23.2. The molecule has 0 aliphatic heterocycles. The highest BCUT2D eigenvalue weighted by Crippen LogP contribution is 2.30. The van der Waals surface area contributed by atoms with Gasteiger partial charge in [0.05, 0.1) is 5.69 Å². The molecule has 1 aromatic rings. The van der Waals surface area contributed by atoms with Gasteiger partial charge < -0.3 is 5.32 Å². The predicted molar refractivity (Wildman–Crippen MR) is 83.8 cm³/mol. The fourth-order valence-electron chi connectivity index (χ4n) is 3.06. The Labute approximate surface area is 121 Å². The van der Waals surface area contributed by atoms with Gasteiger partial charge >= 0.3 is 0 Å². The number of nitrogens with zero attached hydrogens (tertiary/aromatic N) is 2. The third-order valence-corrected chi connectivity index (χ3v) is 5.42. The molecule has 1 heterocycles. The number of hydrogen-bond donors (Lipinski definition) is 1. The van der Waals surface area contributed by atoms with E-state index in [1.807, 2.05) is 0 Å². The molecule has 0 radical (unpaired) electrons. The summed E-state index contributed by atoms with van der Waals surface area (Å²) in [5, 5.41) is 9.21. The second-order valence-corrected chi connectivity index (χ2v) is 7.01. The molecular weight excluding hydrogens is 254 g/mol. The van der Waals surface area contributed by atoms with Crippen LogP contribution in [0.25, 0.3) is 0 Å². The van der Waals surface area contributed by atoms with E-state index in [1.165, 1.54) is 42.0 Å². The lowest BCUT2D eigenvalue weighted by atomic mass is 10.1. The zero-order valence-electron chi connectivity index (χ0n) is 12.7. The lowest BCUT2D eigenvalue weighted by Gasteiger charge is -2.13. The van der Waals surface area contributed by atoms with Crippen molar-refractivity contribution in [2.75, 3.05) is 5.75 Å². The van der Waals surface area contributed by atoms with Crippen molar-refractivity contribution >= 4 is 11.8 Å². The molecule has 1 saturated carbocycles. The predicted octanol–water partition coefficient (Wildman–Crippen LogP) is 3.28. The summed E-state index contributed by atoms with van der Waals surface area (Å²) >= 11 is 2.12. The lowest BCUT2D eigenvalue weighted by molar-refractivity contribution is 0.522. The van der Waals surface area contributed by atoms with Gasteiger partial charge in [-0.3, -0.25) is 4.68 Å². The van der Waals surface area contributed by atoms with Crippen molar-refractivity contribution < 1.29 is 0 Å². The van der Waals surface area contributed by atoms with E-state index in [4.69, 9.17) is 0 Å². The minimum absolute atomic E-state index is 0.702. The molecule has 2 atom stereocenters. The number of thioether (sulfide) groups is 1. The first-order chi connectivity index (χ1) is 9.15. The van der Waals surface area contributed by atoms with E-state index in [9.17, 15) is 0 Å². The van der Waals surface area contributed by atoms with Crippen molar-refractivity contribution in [2.24, 2.45) is 0 Å². The Morgan fingerprint density at radius 1 is 1.32 bits per heavy atom. The van der Waals surface area contributed by atoms with Gasteiger partial charge in [0.1, 0.15) is 0 Å². The molecule has 1 aliphatic rings. The fraction of sp³-hybridized carbons (Fsp3) is 0.800. The molecule has 0 amide bonds. The van der Waals surface area contributed by atoms with Gasteiger partial charge in [0, 0.05) is 35.6 Å². The largest absolute Gasteiger partial charge is 0.310 e. The highest BCUT2D eigenvalue weighted by Gasteiger charge is 2.24. The van der Waals surface area contributed by atoms with Crippen molar-refractivity contribution in [1.82, 2.24) is 15.1 Å². The maximum absolute atomic E-state index is 4.59. The molecule has 3 nitrogen and oxygen atoms in total. The molecule has 1 N–H and O–H groups in total. The number of aromatic nitrogens is 2. The van der Waals surface area contributed by atoms with Crippen LogP contribution in [0.4, 0.5) is 0 Å². The summed E-state index contributed by atoms with van der Waals surface area (Å²) in [6.45, 7) is 10.7. The van der Waals surface area contributed by atoms with Gasteiger partial charge in [0.25, 0.3) is 0 Å². The first-order valence-electron chi connectivity index (χ1n) is 7.53. The second-order valence-electron chi connectivity index (χ2n) is 5.43. The zero-order valence-corrected chi connectivity index (χ0v) is 13.5. The lowest BCUT2D eigenvalue weighted by Crippen LogP contribution is -2.26. The highest BCUT2D eigenvalue weighted by atomic mass is 32.2. The van der Waals surface area contributed by atoms with E-state index in [-0.39, 0.29) is 0 Å². The van der Waals surface area contributed by atoms with Gasteiger partial charge in [0.15, 0.2) is 0 Å². The summed E-state index contributed by atoms with van der Waals surface area (Å²) in [7, 11) is 0. The Balaban J connectivity index is 1.88. The molecule has 0 bridgehead atoms. The maximum Gasteiger partial charge on any atom is 0.0641 e. The first kappa shape index (κ1) is 14.9. The quantitative estimate of drug-likeness (QED) is 0.868. The third-order valence-electron chi connectivity index (χ3n) is 4.19. The Kier molecular flexibility index (Phi) is 5.34. The SMILES string of the molecule is CCS[C@H]1CC[C@@H](NCc2c(C)nn(CC)c2C)C1. The smallest absolute Gasteiger partial charge is 0.0641 e. The Hall–Kier alpha value is -0.480. The van der Waals surface area contributed by atoms with Gasteiger partial charge in [-0.2, -0.15) is 16.9 Å². The van der Waals surface area contributed by atoms with Crippen molar-refractivity contribution in [1.29, 1.82) is 0 Å². The summed E-state index contributed by atoms with van der Waals surface area (Å²) in [5.74, 6) is 1.25. The molecule has 0 saturated heterocycles. The first-order valence-corrected chi connectivity index (χ1v) is 8.58. The van der Waals surface area contributed by atoms with Crippen molar-refractivity contribution in [3.05, 3.63) is 17.0 Å². The maximum atomic E-state index is 4.59. The van der Waals surface area contributed by atoms with Crippen molar-refractivity contribution in [3.63, 3.8) is 0 Å². The standard InChI is InChI=1S/C15H27N3S/c1-5-18-12(4)15(11(3)17-18)10-16-13-7-8-14(9-13)19-6-2/h13-14,16H,5-10H2,1-4H3/t13-,14+/m1/s1. The number of aryl methyl sites for hydroxylation is 2. The van der Waals surface area contributed by atoms with E-state index < -0.39 is 0 Å². The van der Waals surface area contributed by atoms with Crippen LogP contribution < -0.4 is 5.32 Å². The van der Waals surface area contributed by atoms with E-state index in [1.54, 1.807) is 0 Å². The topological polar surface area (TPSA) is 29.9 Å². The molecular formula is C15H27N3S. The average Bonchev–Trinajstić information content (AvgIpc) is 2.93. The van der Waals surface area contributed by atoms with Gasteiger partial charge in [0.2, 0.25) is 0 Å². The van der Waals surface area contributed by atoms with Crippen LogP contribution in [0.1, 0.15) is 50.1 Å². The van der Waals surface area contributed by atoms with Crippen LogP contribution in [-0.2, 0) is 13.1 Å². The molecule has 0 aromatic carbocycles.